The lowest BCUT2D eigenvalue weighted by Gasteiger charge is -2.35. The van der Waals surface area contributed by atoms with Gasteiger partial charge in [0.05, 0.1) is 24.8 Å². The first-order valence-electron chi connectivity index (χ1n) is 16.7. The third-order valence-corrected chi connectivity index (χ3v) is 10.7. The Morgan fingerprint density at radius 3 is 2.02 bits per heavy atom. The first kappa shape index (κ1) is 35.5. The van der Waals surface area contributed by atoms with E-state index in [-0.39, 0.29) is 35.5 Å². The van der Waals surface area contributed by atoms with E-state index < -0.39 is 28.5 Å². The van der Waals surface area contributed by atoms with Crippen molar-refractivity contribution >= 4 is 27.5 Å². The van der Waals surface area contributed by atoms with Gasteiger partial charge in [0, 0.05) is 25.1 Å². The molecule has 1 N–H and O–H groups in total. The van der Waals surface area contributed by atoms with Crippen LogP contribution in [0.25, 0.3) is 0 Å². The van der Waals surface area contributed by atoms with Gasteiger partial charge in [0.25, 0.3) is 10.0 Å². The highest BCUT2D eigenvalue weighted by atomic mass is 32.2. The Labute approximate surface area is 289 Å². The number of anilines is 1. The van der Waals surface area contributed by atoms with Crippen LogP contribution in [0, 0.1) is 6.92 Å². The van der Waals surface area contributed by atoms with Crippen LogP contribution in [0.15, 0.2) is 108 Å². The van der Waals surface area contributed by atoms with Crippen molar-refractivity contribution in [1.29, 1.82) is 0 Å². The van der Waals surface area contributed by atoms with Crippen molar-refractivity contribution in [3.8, 4) is 11.5 Å². The van der Waals surface area contributed by atoms with Gasteiger partial charge in [-0.3, -0.25) is 13.9 Å². The molecule has 49 heavy (non-hydrogen) atoms. The van der Waals surface area contributed by atoms with Gasteiger partial charge in [-0.25, -0.2) is 8.42 Å². The van der Waals surface area contributed by atoms with E-state index >= 15 is 0 Å². The summed E-state index contributed by atoms with van der Waals surface area (Å²) in [5, 5.41) is 3.24. The minimum Gasteiger partial charge on any atom is -0.493 e. The van der Waals surface area contributed by atoms with Gasteiger partial charge >= 0.3 is 0 Å². The number of hydrogen-bond acceptors (Lipinski definition) is 6. The standard InChI is InChI=1S/C39H45N3O6S/c1-29-19-22-34(23-20-29)49(45,46)42(33-21-24-36(47-2)37(26-33)48-3)28-38(43)41(27-31-15-9-5-10-16-31)35(25-30-13-7-4-8-14-30)39(44)40-32-17-11-6-12-18-32/h4-5,7-10,13-16,19-24,26,32,35H,6,11-12,17-18,25,27-28H2,1-3H3,(H,40,44). The second kappa shape index (κ2) is 16.5. The maximum atomic E-state index is 14.8. The number of rotatable bonds is 14. The smallest absolute Gasteiger partial charge is 0.264 e. The summed E-state index contributed by atoms with van der Waals surface area (Å²) in [7, 11) is -1.30. The van der Waals surface area contributed by atoms with Gasteiger partial charge in [-0.15, -0.1) is 0 Å². The normalized spacial score (nSPS) is 14.0. The number of nitrogens with zero attached hydrogens (tertiary/aromatic N) is 2. The number of nitrogens with one attached hydrogen (secondary N) is 1. The van der Waals surface area contributed by atoms with E-state index in [1.54, 1.807) is 24.3 Å². The van der Waals surface area contributed by atoms with E-state index in [0.29, 0.717) is 11.5 Å². The molecule has 1 aliphatic rings. The molecule has 2 amide bonds. The van der Waals surface area contributed by atoms with Crippen LogP contribution in [0.3, 0.4) is 0 Å². The highest BCUT2D eigenvalue weighted by Crippen LogP contribution is 2.34. The summed E-state index contributed by atoms with van der Waals surface area (Å²) in [5.41, 5.74) is 2.83. The van der Waals surface area contributed by atoms with Crippen molar-refractivity contribution in [2.24, 2.45) is 0 Å². The van der Waals surface area contributed by atoms with Crippen molar-refractivity contribution < 1.29 is 27.5 Å². The van der Waals surface area contributed by atoms with Crippen LogP contribution in [-0.2, 0) is 32.6 Å². The van der Waals surface area contributed by atoms with E-state index in [4.69, 9.17) is 9.47 Å². The minimum absolute atomic E-state index is 0.0263. The maximum absolute atomic E-state index is 14.8. The maximum Gasteiger partial charge on any atom is 0.264 e. The van der Waals surface area contributed by atoms with Crippen LogP contribution in [0.4, 0.5) is 5.69 Å². The quantitative estimate of drug-likeness (QED) is 0.167. The molecule has 1 atom stereocenters. The SMILES string of the molecule is COc1ccc(N(CC(=O)N(Cc2ccccc2)C(Cc2ccccc2)C(=O)NC2CCCCC2)S(=O)(=O)c2ccc(C)cc2)cc1OC. The molecule has 5 rings (SSSR count). The molecule has 4 aromatic carbocycles. The Balaban J connectivity index is 1.58. The number of benzene rings is 4. The van der Waals surface area contributed by atoms with Crippen molar-refractivity contribution in [2.45, 2.75) is 69.0 Å². The van der Waals surface area contributed by atoms with Crippen molar-refractivity contribution in [1.82, 2.24) is 10.2 Å². The second-order valence-corrected chi connectivity index (χ2v) is 14.3. The van der Waals surface area contributed by atoms with Crippen LogP contribution >= 0.6 is 0 Å². The summed E-state index contributed by atoms with van der Waals surface area (Å²) in [6.07, 6.45) is 5.26. The van der Waals surface area contributed by atoms with Gasteiger partial charge in [-0.05, 0) is 55.2 Å². The van der Waals surface area contributed by atoms with Crippen molar-refractivity contribution in [2.75, 3.05) is 25.1 Å². The van der Waals surface area contributed by atoms with Gasteiger partial charge in [-0.2, -0.15) is 0 Å². The molecule has 10 heteroatoms. The fraction of sp³-hybridized carbons (Fsp3) is 0.333. The lowest BCUT2D eigenvalue weighted by Crippen LogP contribution is -2.55. The number of sulfonamides is 1. The van der Waals surface area contributed by atoms with Crippen LogP contribution < -0.4 is 19.1 Å². The molecule has 1 unspecified atom stereocenters. The van der Waals surface area contributed by atoms with E-state index in [0.717, 1.165) is 53.1 Å². The third kappa shape index (κ3) is 9.00. The van der Waals surface area contributed by atoms with Gasteiger partial charge in [0.1, 0.15) is 12.6 Å². The molecule has 0 aromatic heterocycles. The van der Waals surface area contributed by atoms with Gasteiger partial charge in [0.15, 0.2) is 11.5 Å². The van der Waals surface area contributed by atoms with Crippen molar-refractivity contribution in [3.05, 3.63) is 120 Å². The molecule has 1 aliphatic carbocycles. The first-order chi connectivity index (χ1) is 23.7. The lowest BCUT2D eigenvalue weighted by molar-refractivity contribution is -0.140. The summed E-state index contributed by atoms with van der Waals surface area (Å²) >= 11 is 0. The predicted molar refractivity (Wildman–Crippen MR) is 191 cm³/mol. The highest BCUT2D eigenvalue weighted by Gasteiger charge is 2.35. The molecule has 0 heterocycles. The molecular formula is C39H45N3O6S. The third-order valence-electron chi connectivity index (χ3n) is 8.96. The molecule has 0 radical (unpaired) electrons. The molecule has 0 aliphatic heterocycles. The number of carbonyl (C=O) groups is 2. The van der Waals surface area contributed by atoms with Gasteiger partial charge < -0.3 is 19.7 Å². The topological polar surface area (TPSA) is 105 Å². The molecule has 258 valence electrons. The summed E-state index contributed by atoms with van der Waals surface area (Å²) in [5.74, 6) is -0.0436. The molecule has 1 saturated carbocycles. The summed E-state index contributed by atoms with van der Waals surface area (Å²) in [6, 6.07) is 29.4. The molecule has 0 bridgehead atoms. The number of carbonyl (C=O) groups excluding carboxylic acids is 2. The van der Waals surface area contributed by atoms with Gasteiger partial charge in [0.2, 0.25) is 11.8 Å². The van der Waals surface area contributed by atoms with Gasteiger partial charge in [-0.1, -0.05) is 97.6 Å². The monoisotopic (exact) mass is 683 g/mol. The average molecular weight is 684 g/mol. The molecule has 9 nitrogen and oxygen atoms in total. The number of amides is 2. The largest absolute Gasteiger partial charge is 0.493 e. The van der Waals surface area contributed by atoms with E-state index in [1.165, 1.54) is 37.3 Å². The van der Waals surface area contributed by atoms with Crippen LogP contribution in [0.1, 0.15) is 48.8 Å². The van der Waals surface area contributed by atoms with E-state index in [1.807, 2.05) is 67.6 Å². The molecule has 0 spiro atoms. The number of ether oxygens (including phenoxy) is 2. The summed E-state index contributed by atoms with van der Waals surface area (Å²) in [6.45, 7) is 1.43. The Kier molecular flexibility index (Phi) is 12.0. The fourth-order valence-corrected chi connectivity index (χ4v) is 7.63. The molecule has 4 aromatic rings. The Morgan fingerprint density at radius 2 is 1.41 bits per heavy atom. The number of aryl methyl sites for hydroxylation is 1. The zero-order chi connectivity index (χ0) is 34.8. The molecule has 0 saturated heterocycles. The van der Waals surface area contributed by atoms with Crippen LogP contribution in [0.5, 0.6) is 11.5 Å². The first-order valence-corrected chi connectivity index (χ1v) is 18.1. The summed E-state index contributed by atoms with van der Waals surface area (Å²) in [4.78, 5) is 30.6. The second-order valence-electron chi connectivity index (χ2n) is 12.4. The van der Waals surface area contributed by atoms with E-state index in [9.17, 15) is 18.0 Å². The van der Waals surface area contributed by atoms with Crippen molar-refractivity contribution in [3.63, 3.8) is 0 Å². The number of methoxy groups -OCH3 is 2. The van der Waals surface area contributed by atoms with Crippen LogP contribution in [0.2, 0.25) is 0 Å². The Morgan fingerprint density at radius 1 is 0.796 bits per heavy atom. The zero-order valence-corrected chi connectivity index (χ0v) is 29.2. The van der Waals surface area contributed by atoms with E-state index in [2.05, 4.69) is 5.32 Å². The minimum atomic E-state index is -4.26. The average Bonchev–Trinajstić information content (AvgIpc) is 3.13. The predicted octanol–water partition coefficient (Wildman–Crippen LogP) is 6.30. The summed E-state index contributed by atoms with van der Waals surface area (Å²) < 4.78 is 40.7. The fourth-order valence-electron chi connectivity index (χ4n) is 6.22. The van der Waals surface area contributed by atoms with Crippen LogP contribution in [-0.4, -0.2) is 58.0 Å². The molecular weight excluding hydrogens is 639 g/mol. The highest BCUT2D eigenvalue weighted by molar-refractivity contribution is 7.92. The zero-order valence-electron chi connectivity index (χ0n) is 28.4. The Hall–Kier alpha value is -4.83. The number of hydrogen-bond donors (Lipinski definition) is 1. The lowest BCUT2D eigenvalue weighted by atomic mass is 9.94. The Bertz CT molecular complexity index is 1790. The molecule has 1 fully saturated rings.